The Hall–Kier alpha value is 1.66. The van der Waals surface area contributed by atoms with Crippen molar-refractivity contribution in [1.29, 1.82) is 0 Å². The van der Waals surface area contributed by atoms with Crippen LogP contribution in [-0.2, 0) is 0 Å². The van der Waals surface area contributed by atoms with Gasteiger partial charge in [0.05, 0.1) is 0 Å². The van der Waals surface area contributed by atoms with Gasteiger partial charge in [-0.2, -0.15) is 0 Å². The summed E-state index contributed by atoms with van der Waals surface area (Å²) in [5.74, 6) is 0. The molecular formula is C5H9Br3Si. The molecule has 0 bridgehead atoms. The highest BCUT2D eigenvalue weighted by Crippen LogP contribution is 2.48. The van der Waals surface area contributed by atoms with E-state index in [2.05, 4.69) is 45.9 Å². The zero-order valence-electron chi connectivity index (χ0n) is 5.04. The minimum atomic E-state index is -1.29. The third-order valence-electron chi connectivity index (χ3n) is 1.82. The predicted molar refractivity (Wildman–Crippen MR) is 54.8 cm³/mol. The molecule has 0 aromatic heterocycles. The molecule has 0 N–H and O–H groups in total. The second-order valence-corrected chi connectivity index (χ2v) is 25.3. The van der Waals surface area contributed by atoms with E-state index in [1.807, 2.05) is 0 Å². The van der Waals surface area contributed by atoms with Crippen molar-refractivity contribution in [1.82, 2.24) is 0 Å². The Balaban J connectivity index is 2.42. The minimum absolute atomic E-state index is 0.900. The molecule has 0 saturated heterocycles. The average Bonchev–Trinajstić information content (AvgIpc) is 2.08. The van der Waals surface area contributed by atoms with Gasteiger partial charge in [0, 0.05) is 0 Å². The van der Waals surface area contributed by atoms with E-state index >= 15 is 0 Å². The van der Waals surface area contributed by atoms with E-state index in [4.69, 9.17) is 0 Å². The molecule has 0 aliphatic heterocycles. The first kappa shape index (κ1) is 8.75. The average molecular weight is 337 g/mol. The number of rotatable bonds is 1. The van der Waals surface area contributed by atoms with Crippen LogP contribution in [0.2, 0.25) is 5.54 Å². The van der Waals surface area contributed by atoms with Gasteiger partial charge in [-0.25, -0.2) is 0 Å². The molecule has 0 unspecified atom stereocenters. The fourth-order valence-corrected chi connectivity index (χ4v) is 6.44. The summed E-state index contributed by atoms with van der Waals surface area (Å²) in [7, 11) is 0. The van der Waals surface area contributed by atoms with E-state index in [0.717, 1.165) is 5.54 Å². The summed E-state index contributed by atoms with van der Waals surface area (Å²) in [4.78, 5) is 0. The minimum Gasteiger partial charge on any atom is -0.0961 e. The second kappa shape index (κ2) is 3.37. The Labute approximate surface area is 80.5 Å². The van der Waals surface area contributed by atoms with Gasteiger partial charge in [0.2, 0.25) is 0 Å². The van der Waals surface area contributed by atoms with Gasteiger partial charge in [-0.15, -0.1) is 0 Å². The van der Waals surface area contributed by atoms with Crippen LogP contribution in [0, 0.1) is 0 Å². The molecule has 1 aliphatic rings. The molecule has 1 saturated carbocycles. The van der Waals surface area contributed by atoms with Crippen LogP contribution in [0.25, 0.3) is 0 Å². The summed E-state index contributed by atoms with van der Waals surface area (Å²) >= 11 is 11.0. The highest BCUT2D eigenvalue weighted by atomic mass is 80.0. The highest BCUT2D eigenvalue weighted by molar-refractivity contribution is 9.72. The molecule has 0 heterocycles. The van der Waals surface area contributed by atoms with E-state index in [0.29, 0.717) is 0 Å². The fraction of sp³-hybridized carbons (Fsp3) is 1.00. The molecule has 4 heteroatoms. The molecule has 9 heavy (non-hydrogen) atoms. The Kier molecular flexibility index (Phi) is 3.28. The predicted octanol–water partition coefficient (Wildman–Crippen LogP) is 4.05. The lowest BCUT2D eigenvalue weighted by Gasteiger charge is -2.16. The van der Waals surface area contributed by atoms with Crippen LogP contribution < -0.4 is 0 Å². The summed E-state index contributed by atoms with van der Waals surface area (Å²) in [5, 5.41) is 0. The lowest BCUT2D eigenvalue weighted by atomic mass is 10.4. The first-order valence-corrected chi connectivity index (χ1v) is 12.0. The SMILES string of the molecule is Br[Si](Br)(Br)C1CCCC1. The number of hydrogen-bond donors (Lipinski definition) is 0. The van der Waals surface area contributed by atoms with E-state index < -0.39 is 3.93 Å². The zero-order valence-corrected chi connectivity index (χ0v) is 10.8. The van der Waals surface area contributed by atoms with Crippen molar-refractivity contribution in [2.75, 3.05) is 0 Å². The van der Waals surface area contributed by atoms with Gasteiger partial charge in [-0.05, 0) is 5.54 Å². The van der Waals surface area contributed by atoms with Crippen molar-refractivity contribution in [2.24, 2.45) is 0 Å². The fourth-order valence-electron chi connectivity index (χ4n) is 1.25. The van der Waals surface area contributed by atoms with Crippen molar-refractivity contribution >= 4 is 49.8 Å². The quantitative estimate of drug-likeness (QED) is 0.500. The van der Waals surface area contributed by atoms with Gasteiger partial charge in [-0.3, -0.25) is 0 Å². The van der Waals surface area contributed by atoms with Crippen LogP contribution in [0.15, 0.2) is 0 Å². The van der Waals surface area contributed by atoms with Crippen LogP contribution in [0.5, 0.6) is 0 Å². The van der Waals surface area contributed by atoms with Gasteiger partial charge < -0.3 is 0 Å². The standard InChI is InChI=1S/C5H9Br3Si/c6-9(7,8)5-3-1-2-4-5/h5H,1-4H2. The van der Waals surface area contributed by atoms with Crippen LogP contribution in [-0.4, -0.2) is 3.93 Å². The molecule has 1 fully saturated rings. The maximum Gasteiger partial charge on any atom is 0.270 e. The molecule has 0 aromatic carbocycles. The molecule has 0 spiro atoms. The van der Waals surface area contributed by atoms with Gasteiger partial charge in [0.1, 0.15) is 0 Å². The van der Waals surface area contributed by atoms with E-state index in [9.17, 15) is 0 Å². The molecule has 0 aromatic rings. The summed E-state index contributed by atoms with van der Waals surface area (Å²) in [6.07, 6.45) is 5.63. The van der Waals surface area contributed by atoms with Gasteiger partial charge >= 0.3 is 0 Å². The molecular weight excluding hydrogens is 328 g/mol. The monoisotopic (exact) mass is 334 g/mol. The molecule has 0 radical (unpaired) electrons. The van der Waals surface area contributed by atoms with Crippen molar-refractivity contribution in [3.63, 3.8) is 0 Å². The van der Waals surface area contributed by atoms with Crippen molar-refractivity contribution < 1.29 is 0 Å². The van der Waals surface area contributed by atoms with E-state index in [1.54, 1.807) is 0 Å². The molecule has 1 rings (SSSR count). The lowest BCUT2D eigenvalue weighted by Crippen LogP contribution is -2.13. The topological polar surface area (TPSA) is 0 Å². The normalized spacial score (nSPS) is 23.0. The maximum atomic E-state index is 3.68. The Morgan fingerprint density at radius 3 is 1.67 bits per heavy atom. The Bertz CT molecular complexity index is 92.9. The van der Waals surface area contributed by atoms with Crippen LogP contribution in [0.4, 0.5) is 0 Å². The van der Waals surface area contributed by atoms with Gasteiger partial charge in [0.15, 0.2) is 0 Å². The highest BCUT2D eigenvalue weighted by Gasteiger charge is 2.35. The molecule has 0 atom stereocenters. The van der Waals surface area contributed by atoms with E-state index in [-0.39, 0.29) is 0 Å². The number of hydrogen-bond acceptors (Lipinski definition) is 0. The van der Waals surface area contributed by atoms with Crippen LogP contribution in [0.3, 0.4) is 0 Å². The van der Waals surface area contributed by atoms with Gasteiger partial charge in [-0.1, -0.05) is 71.6 Å². The van der Waals surface area contributed by atoms with E-state index in [1.165, 1.54) is 25.7 Å². The third-order valence-corrected chi connectivity index (χ3v) is 9.15. The van der Waals surface area contributed by atoms with Crippen molar-refractivity contribution in [3.8, 4) is 0 Å². The van der Waals surface area contributed by atoms with Crippen molar-refractivity contribution in [3.05, 3.63) is 0 Å². The second-order valence-electron chi connectivity index (χ2n) is 2.52. The smallest absolute Gasteiger partial charge is 0.0961 e. The summed E-state index contributed by atoms with van der Waals surface area (Å²) in [5.41, 5.74) is 0.900. The zero-order chi connectivity index (χ0) is 6.91. The maximum absolute atomic E-state index is 3.68. The Morgan fingerprint density at radius 2 is 1.44 bits per heavy atom. The van der Waals surface area contributed by atoms with Crippen LogP contribution in [0.1, 0.15) is 25.7 Å². The Morgan fingerprint density at radius 1 is 1.00 bits per heavy atom. The first-order valence-electron chi connectivity index (χ1n) is 3.17. The van der Waals surface area contributed by atoms with Gasteiger partial charge in [0.25, 0.3) is 3.93 Å². The molecule has 1 aliphatic carbocycles. The first-order chi connectivity index (χ1) is 4.11. The largest absolute Gasteiger partial charge is 0.270 e. The molecule has 0 nitrogen and oxygen atoms in total. The lowest BCUT2D eigenvalue weighted by molar-refractivity contribution is 0.873. The van der Waals surface area contributed by atoms with Crippen LogP contribution >= 0.6 is 45.9 Å². The summed E-state index contributed by atoms with van der Waals surface area (Å²) in [6.45, 7) is 0. The third kappa shape index (κ3) is 2.64. The molecule has 54 valence electrons. The summed E-state index contributed by atoms with van der Waals surface area (Å²) < 4.78 is -1.29. The number of halogens is 3. The summed E-state index contributed by atoms with van der Waals surface area (Å²) in [6, 6.07) is 0. The van der Waals surface area contributed by atoms with Crippen molar-refractivity contribution in [2.45, 2.75) is 31.2 Å². The molecule has 0 amide bonds.